The highest BCUT2D eigenvalue weighted by molar-refractivity contribution is 14.0. The van der Waals surface area contributed by atoms with Gasteiger partial charge in [0, 0.05) is 32.7 Å². The number of aliphatic imine (C=N–C) groups is 1. The maximum Gasteiger partial charge on any atom is 0.191 e. The van der Waals surface area contributed by atoms with Gasteiger partial charge in [0.1, 0.15) is 0 Å². The van der Waals surface area contributed by atoms with Crippen LogP contribution in [-0.2, 0) is 16.4 Å². The highest BCUT2D eigenvalue weighted by atomic mass is 127. The fraction of sp³-hybridized carbons (Fsp3) is 0.562. The third-order valence-electron chi connectivity index (χ3n) is 3.76. The zero-order valence-electron chi connectivity index (χ0n) is 14.1. The quantitative estimate of drug-likeness (QED) is 0.373. The monoisotopic (exact) mass is 466 g/mol. The molecule has 1 aromatic carbocycles. The molecule has 1 saturated heterocycles. The molecule has 1 fully saturated rings. The van der Waals surface area contributed by atoms with Crippen LogP contribution in [0.1, 0.15) is 12.5 Å². The Balaban J connectivity index is 0.00000288. The van der Waals surface area contributed by atoms with E-state index in [0.717, 1.165) is 25.6 Å². The first-order valence-corrected chi connectivity index (χ1v) is 9.90. The first-order chi connectivity index (χ1) is 11.1. The van der Waals surface area contributed by atoms with Gasteiger partial charge in [0.05, 0.1) is 18.1 Å². The highest BCUT2D eigenvalue weighted by Gasteiger charge is 2.20. The SMILES string of the molecule is CCNC(=NCc1ccccc1)NCCN1CCS(=O)(=O)CC1.I. The summed E-state index contributed by atoms with van der Waals surface area (Å²) in [4.78, 5) is 6.74. The molecular weight excluding hydrogens is 439 g/mol. The average molecular weight is 466 g/mol. The second-order valence-corrected chi connectivity index (χ2v) is 7.90. The number of hydrogen-bond donors (Lipinski definition) is 2. The van der Waals surface area contributed by atoms with E-state index in [2.05, 4.69) is 32.7 Å². The van der Waals surface area contributed by atoms with E-state index < -0.39 is 9.84 Å². The van der Waals surface area contributed by atoms with E-state index in [1.54, 1.807) is 0 Å². The molecular formula is C16H27IN4O2S. The van der Waals surface area contributed by atoms with Gasteiger partial charge >= 0.3 is 0 Å². The molecule has 0 amide bonds. The Labute approximate surface area is 162 Å². The van der Waals surface area contributed by atoms with Gasteiger partial charge in [0.2, 0.25) is 0 Å². The van der Waals surface area contributed by atoms with Gasteiger partial charge in [-0.15, -0.1) is 24.0 Å². The van der Waals surface area contributed by atoms with Crippen LogP contribution >= 0.6 is 24.0 Å². The normalized spacial score (nSPS) is 17.8. The van der Waals surface area contributed by atoms with Crippen molar-refractivity contribution < 1.29 is 8.42 Å². The lowest BCUT2D eigenvalue weighted by molar-refractivity contribution is 0.299. The van der Waals surface area contributed by atoms with Crippen molar-refractivity contribution in [1.29, 1.82) is 0 Å². The van der Waals surface area contributed by atoms with E-state index in [4.69, 9.17) is 0 Å². The second-order valence-electron chi connectivity index (χ2n) is 5.60. The van der Waals surface area contributed by atoms with Gasteiger partial charge < -0.3 is 10.6 Å². The van der Waals surface area contributed by atoms with Gasteiger partial charge in [0.15, 0.2) is 15.8 Å². The summed E-state index contributed by atoms with van der Waals surface area (Å²) in [7, 11) is -2.80. The van der Waals surface area contributed by atoms with Gasteiger partial charge in [-0.1, -0.05) is 30.3 Å². The molecule has 0 saturated carbocycles. The fourth-order valence-electron chi connectivity index (χ4n) is 2.40. The minimum absolute atomic E-state index is 0. The Morgan fingerprint density at radius 1 is 1.17 bits per heavy atom. The Hall–Kier alpha value is -0.870. The number of benzene rings is 1. The van der Waals surface area contributed by atoms with E-state index in [1.165, 1.54) is 5.56 Å². The van der Waals surface area contributed by atoms with E-state index in [9.17, 15) is 8.42 Å². The van der Waals surface area contributed by atoms with Gasteiger partial charge in [-0.3, -0.25) is 4.90 Å². The van der Waals surface area contributed by atoms with Crippen molar-refractivity contribution in [2.45, 2.75) is 13.5 Å². The summed E-state index contributed by atoms with van der Waals surface area (Å²) >= 11 is 0. The molecule has 24 heavy (non-hydrogen) atoms. The molecule has 2 N–H and O–H groups in total. The lowest BCUT2D eigenvalue weighted by Gasteiger charge is -2.26. The number of hydrogen-bond acceptors (Lipinski definition) is 4. The van der Waals surface area contributed by atoms with Gasteiger partial charge in [-0.2, -0.15) is 0 Å². The van der Waals surface area contributed by atoms with Crippen molar-refractivity contribution >= 4 is 39.8 Å². The van der Waals surface area contributed by atoms with Crippen molar-refractivity contribution in [3.63, 3.8) is 0 Å². The van der Waals surface area contributed by atoms with Crippen LogP contribution in [0.2, 0.25) is 0 Å². The number of nitrogens with one attached hydrogen (secondary N) is 2. The van der Waals surface area contributed by atoms with Crippen LogP contribution in [-0.4, -0.2) is 63.5 Å². The molecule has 0 spiro atoms. The maximum atomic E-state index is 11.4. The third-order valence-corrected chi connectivity index (χ3v) is 5.37. The van der Waals surface area contributed by atoms with Crippen LogP contribution in [0.25, 0.3) is 0 Å². The van der Waals surface area contributed by atoms with Crippen LogP contribution in [0.15, 0.2) is 35.3 Å². The Morgan fingerprint density at radius 2 is 1.83 bits per heavy atom. The summed E-state index contributed by atoms with van der Waals surface area (Å²) in [6.45, 7) is 6.31. The molecule has 0 atom stereocenters. The largest absolute Gasteiger partial charge is 0.357 e. The summed E-state index contributed by atoms with van der Waals surface area (Å²) in [5.41, 5.74) is 1.17. The highest BCUT2D eigenvalue weighted by Crippen LogP contribution is 2.02. The number of rotatable bonds is 6. The average Bonchev–Trinajstić information content (AvgIpc) is 2.55. The maximum absolute atomic E-state index is 11.4. The second kappa shape index (κ2) is 10.9. The van der Waals surface area contributed by atoms with Gasteiger partial charge in [-0.05, 0) is 12.5 Å². The summed E-state index contributed by atoms with van der Waals surface area (Å²) in [6.07, 6.45) is 0. The van der Waals surface area contributed by atoms with Gasteiger partial charge in [-0.25, -0.2) is 13.4 Å². The molecule has 1 aliphatic rings. The molecule has 0 aliphatic carbocycles. The Kier molecular flexibility index (Phi) is 9.60. The van der Waals surface area contributed by atoms with Crippen LogP contribution in [0.5, 0.6) is 0 Å². The number of halogens is 1. The molecule has 1 heterocycles. The third kappa shape index (κ3) is 7.80. The molecule has 2 rings (SSSR count). The van der Waals surface area contributed by atoms with E-state index in [0.29, 0.717) is 19.6 Å². The Bertz CT molecular complexity index is 594. The molecule has 8 heteroatoms. The van der Waals surface area contributed by atoms with E-state index >= 15 is 0 Å². The minimum atomic E-state index is -2.80. The zero-order valence-corrected chi connectivity index (χ0v) is 17.2. The Morgan fingerprint density at radius 3 is 2.46 bits per heavy atom. The van der Waals surface area contributed by atoms with E-state index in [-0.39, 0.29) is 35.5 Å². The fourth-order valence-corrected chi connectivity index (χ4v) is 3.68. The molecule has 0 radical (unpaired) electrons. The van der Waals surface area contributed by atoms with Crippen molar-refractivity contribution in [2.75, 3.05) is 44.2 Å². The number of sulfone groups is 1. The topological polar surface area (TPSA) is 73.8 Å². The van der Waals surface area contributed by atoms with Crippen LogP contribution < -0.4 is 10.6 Å². The van der Waals surface area contributed by atoms with Crippen molar-refractivity contribution in [2.24, 2.45) is 4.99 Å². The smallest absolute Gasteiger partial charge is 0.191 e. The van der Waals surface area contributed by atoms with Crippen LogP contribution in [0.3, 0.4) is 0 Å². The standard InChI is InChI=1S/C16H26N4O2S.HI/c1-2-17-16(19-14-15-6-4-3-5-7-15)18-8-9-20-10-12-23(21,22)13-11-20;/h3-7H,2,8-14H2,1H3,(H2,17,18,19);1H. The first-order valence-electron chi connectivity index (χ1n) is 8.08. The summed E-state index contributed by atoms with van der Waals surface area (Å²) in [5.74, 6) is 1.34. The van der Waals surface area contributed by atoms with Gasteiger partial charge in [0.25, 0.3) is 0 Å². The molecule has 6 nitrogen and oxygen atoms in total. The number of guanidine groups is 1. The minimum Gasteiger partial charge on any atom is -0.357 e. The number of nitrogens with zero attached hydrogens (tertiary/aromatic N) is 2. The van der Waals surface area contributed by atoms with Crippen molar-refractivity contribution in [1.82, 2.24) is 15.5 Å². The predicted molar refractivity (Wildman–Crippen MR) is 110 cm³/mol. The summed E-state index contributed by atoms with van der Waals surface area (Å²) < 4.78 is 22.8. The van der Waals surface area contributed by atoms with E-state index in [1.807, 2.05) is 25.1 Å². The summed E-state index contributed by atoms with van der Waals surface area (Å²) in [6, 6.07) is 10.1. The van der Waals surface area contributed by atoms with Crippen LogP contribution in [0, 0.1) is 0 Å². The zero-order chi connectivity index (χ0) is 16.5. The first kappa shape index (κ1) is 21.2. The molecule has 0 bridgehead atoms. The molecule has 0 aromatic heterocycles. The van der Waals surface area contributed by atoms with Crippen LogP contribution in [0.4, 0.5) is 0 Å². The predicted octanol–water partition coefficient (Wildman–Crippen LogP) is 1.09. The lowest BCUT2D eigenvalue weighted by Crippen LogP contribution is -2.45. The molecule has 1 aliphatic heterocycles. The molecule has 1 aromatic rings. The van der Waals surface area contributed by atoms with Crippen molar-refractivity contribution in [3.05, 3.63) is 35.9 Å². The summed E-state index contributed by atoms with van der Waals surface area (Å²) in [5, 5.41) is 6.53. The molecule has 0 unspecified atom stereocenters. The van der Waals surface area contributed by atoms with Crippen molar-refractivity contribution in [3.8, 4) is 0 Å². The lowest BCUT2D eigenvalue weighted by atomic mass is 10.2. The molecule has 136 valence electrons.